The standard InChI is InChI=1S/C6H13NO3/c1-4(8)3-7-6(10)5(2)9/h4-5,8-9H,3H2,1-2H3,(H,7,10)/t4-,5+/m0/s1. The van der Waals surface area contributed by atoms with Crippen LogP contribution in [0.2, 0.25) is 0 Å². The van der Waals surface area contributed by atoms with Crippen molar-refractivity contribution < 1.29 is 15.0 Å². The maximum absolute atomic E-state index is 10.6. The highest BCUT2D eigenvalue weighted by atomic mass is 16.3. The number of aliphatic hydroxyl groups is 2. The van der Waals surface area contributed by atoms with E-state index in [-0.39, 0.29) is 6.54 Å². The van der Waals surface area contributed by atoms with Gasteiger partial charge in [0.25, 0.3) is 0 Å². The van der Waals surface area contributed by atoms with E-state index >= 15 is 0 Å². The third-order valence-electron chi connectivity index (χ3n) is 0.951. The Kier molecular flexibility index (Phi) is 3.99. The normalized spacial score (nSPS) is 16.0. The number of aliphatic hydroxyl groups excluding tert-OH is 2. The zero-order valence-electron chi connectivity index (χ0n) is 6.16. The van der Waals surface area contributed by atoms with E-state index in [0.717, 1.165) is 0 Å². The van der Waals surface area contributed by atoms with E-state index in [2.05, 4.69) is 5.32 Å². The van der Waals surface area contributed by atoms with Crippen molar-refractivity contribution >= 4 is 5.91 Å². The van der Waals surface area contributed by atoms with Gasteiger partial charge in [-0.2, -0.15) is 0 Å². The van der Waals surface area contributed by atoms with Gasteiger partial charge >= 0.3 is 0 Å². The van der Waals surface area contributed by atoms with Crippen molar-refractivity contribution in [2.75, 3.05) is 6.54 Å². The predicted octanol–water partition coefficient (Wildman–Crippen LogP) is -1.14. The van der Waals surface area contributed by atoms with Crippen LogP contribution in [0.1, 0.15) is 13.8 Å². The fourth-order valence-corrected chi connectivity index (χ4v) is 0.396. The molecule has 4 nitrogen and oxygen atoms in total. The lowest BCUT2D eigenvalue weighted by Gasteiger charge is -2.07. The highest BCUT2D eigenvalue weighted by molar-refractivity contribution is 5.79. The first-order chi connectivity index (χ1) is 4.54. The van der Waals surface area contributed by atoms with Gasteiger partial charge in [-0.3, -0.25) is 4.79 Å². The molecule has 0 aromatic rings. The minimum absolute atomic E-state index is 0.184. The van der Waals surface area contributed by atoms with Crippen LogP contribution in [-0.4, -0.2) is 34.9 Å². The molecule has 0 unspecified atom stereocenters. The van der Waals surface area contributed by atoms with Crippen LogP contribution in [-0.2, 0) is 4.79 Å². The summed E-state index contributed by atoms with van der Waals surface area (Å²) in [4.78, 5) is 10.6. The van der Waals surface area contributed by atoms with E-state index in [1.54, 1.807) is 6.92 Å². The van der Waals surface area contributed by atoms with Crippen molar-refractivity contribution in [3.8, 4) is 0 Å². The molecule has 0 aromatic heterocycles. The molecule has 3 N–H and O–H groups in total. The van der Waals surface area contributed by atoms with E-state index in [1.165, 1.54) is 6.92 Å². The second-order valence-electron chi connectivity index (χ2n) is 2.27. The van der Waals surface area contributed by atoms with Crippen molar-refractivity contribution in [3.05, 3.63) is 0 Å². The Morgan fingerprint density at radius 2 is 2.00 bits per heavy atom. The molecule has 2 atom stereocenters. The summed E-state index contributed by atoms with van der Waals surface area (Å²) < 4.78 is 0. The molecule has 0 aliphatic rings. The number of carbonyl (C=O) groups is 1. The summed E-state index contributed by atoms with van der Waals surface area (Å²) in [5, 5.41) is 19.7. The molecule has 0 fully saturated rings. The first-order valence-electron chi connectivity index (χ1n) is 3.18. The minimum atomic E-state index is -1.00. The third-order valence-corrected chi connectivity index (χ3v) is 0.951. The lowest BCUT2D eigenvalue weighted by molar-refractivity contribution is -0.128. The van der Waals surface area contributed by atoms with Crippen molar-refractivity contribution in [2.24, 2.45) is 0 Å². The summed E-state index contributed by atoms with van der Waals surface area (Å²) in [6.45, 7) is 3.11. The van der Waals surface area contributed by atoms with Crippen molar-refractivity contribution in [2.45, 2.75) is 26.1 Å². The van der Waals surface area contributed by atoms with Gasteiger partial charge < -0.3 is 15.5 Å². The Morgan fingerprint density at radius 3 is 2.30 bits per heavy atom. The molecule has 0 bridgehead atoms. The first-order valence-corrected chi connectivity index (χ1v) is 3.18. The largest absolute Gasteiger partial charge is 0.392 e. The highest BCUT2D eigenvalue weighted by Crippen LogP contribution is 1.80. The predicted molar refractivity (Wildman–Crippen MR) is 36.4 cm³/mol. The molecule has 10 heavy (non-hydrogen) atoms. The van der Waals surface area contributed by atoms with Crippen LogP contribution in [0.25, 0.3) is 0 Å². The Hall–Kier alpha value is -0.610. The van der Waals surface area contributed by atoms with Gasteiger partial charge in [0.15, 0.2) is 0 Å². The van der Waals surface area contributed by atoms with Crippen LogP contribution >= 0.6 is 0 Å². The lowest BCUT2D eigenvalue weighted by Crippen LogP contribution is -2.36. The van der Waals surface area contributed by atoms with E-state index in [0.29, 0.717) is 0 Å². The average molecular weight is 147 g/mol. The zero-order chi connectivity index (χ0) is 8.15. The van der Waals surface area contributed by atoms with Gasteiger partial charge in [0.2, 0.25) is 5.91 Å². The van der Waals surface area contributed by atoms with Crippen LogP contribution in [0.5, 0.6) is 0 Å². The number of carbonyl (C=O) groups excluding carboxylic acids is 1. The Labute approximate surface area is 59.9 Å². The molecule has 0 saturated carbocycles. The first kappa shape index (κ1) is 9.39. The van der Waals surface area contributed by atoms with E-state index in [9.17, 15) is 4.79 Å². The number of rotatable bonds is 3. The smallest absolute Gasteiger partial charge is 0.248 e. The molecule has 0 aliphatic heterocycles. The summed E-state index contributed by atoms with van der Waals surface area (Å²) in [6.07, 6.45) is -1.57. The van der Waals surface area contributed by atoms with E-state index in [1.807, 2.05) is 0 Å². The number of hydrogen-bond donors (Lipinski definition) is 3. The summed E-state index contributed by atoms with van der Waals surface area (Å²) in [5.74, 6) is -0.457. The number of amides is 1. The fraction of sp³-hybridized carbons (Fsp3) is 0.833. The summed E-state index contributed by atoms with van der Waals surface area (Å²) in [5.41, 5.74) is 0. The molecule has 60 valence electrons. The molecule has 0 radical (unpaired) electrons. The summed E-state index contributed by atoms with van der Waals surface area (Å²) in [6, 6.07) is 0. The quantitative estimate of drug-likeness (QED) is 0.473. The molecule has 0 aromatic carbocycles. The molecule has 1 amide bonds. The van der Waals surface area contributed by atoms with Crippen LogP contribution < -0.4 is 5.32 Å². The maximum Gasteiger partial charge on any atom is 0.248 e. The van der Waals surface area contributed by atoms with Crippen LogP contribution in [0.4, 0.5) is 0 Å². The monoisotopic (exact) mass is 147 g/mol. The molecule has 4 heteroatoms. The zero-order valence-corrected chi connectivity index (χ0v) is 6.16. The van der Waals surface area contributed by atoms with Crippen LogP contribution in [0.3, 0.4) is 0 Å². The Balaban J connectivity index is 3.40. The van der Waals surface area contributed by atoms with Gasteiger partial charge in [0.1, 0.15) is 6.10 Å². The molecular weight excluding hydrogens is 134 g/mol. The number of hydrogen-bond acceptors (Lipinski definition) is 3. The second-order valence-corrected chi connectivity index (χ2v) is 2.27. The SMILES string of the molecule is C[C@H](O)CNC(=O)[C@@H](C)O. The van der Waals surface area contributed by atoms with Crippen molar-refractivity contribution in [1.29, 1.82) is 0 Å². The molecule has 0 heterocycles. The summed E-state index contributed by atoms with van der Waals surface area (Å²) >= 11 is 0. The molecule has 0 saturated heterocycles. The van der Waals surface area contributed by atoms with Gasteiger partial charge in [0, 0.05) is 6.54 Å². The topological polar surface area (TPSA) is 69.6 Å². The molecular formula is C6H13NO3. The van der Waals surface area contributed by atoms with Crippen molar-refractivity contribution in [1.82, 2.24) is 5.32 Å². The number of nitrogens with one attached hydrogen (secondary N) is 1. The minimum Gasteiger partial charge on any atom is -0.392 e. The van der Waals surface area contributed by atoms with Crippen molar-refractivity contribution in [3.63, 3.8) is 0 Å². The Bertz CT molecular complexity index is 112. The average Bonchev–Trinajstić information content (AvgIpc) is 1.82. The maximum atomic E-state index is 10.6. The van der Waals surface area contributed by atoms with Gasteiger partial charge in [0.05, 0.1) is 6.10 Å². The van der Waals surface area contributed by atoms with Crippen LogP contribution in [0.15, 0.2) is 0 Å². The lowest BCUT2D eigenvalue weighted by atomic mass is 10.3. The van der Waals surface area contributed by atoms with Gasteiger partial charge in [-0.15, -0.1) is 0 Å². The van der Waals surface area contributed by atoms with Gasteiger partial charge in [-0.25, -0.2) is 0 Å². The fourth-order valence-electron chi connectivity index (χ4n) is 0.396. The van der Waals surface area contributed by atoms with E-state index < -0.39 is 18.1 Å². The van der Waals surface area contributed by atoms with E-state index in [4.69, 9.17) is 10.2 Å². The Morgan fingerprint density at radius 1 is 1.50 bits per heavy atom. The summed E-state index contributed by atoms with van der Waals surface area (Å²) in [7, 11) is 0. The second kappa shape index (κ2) is 4.24. The molecule has 0 aliphatic carbocycles. The highest BCUT2D eigenvalue weighted by Gasteiger charge is 2.07. The molecule has 0 rings (SSSR count). The van der Waals surface area contributed by atoms with Gasteiger partial charge in [-0.1, -0.05) is 0 Å². The molecule has 0 spiro atoms. The van der Waals surface area contributed by atoms with Crippen LogP contribution in [0, 0.1) is 0 Å². The third kappa shape index (κ3) is 4.29. The van der Waals surface area contributed by atoms with Gasteiger partial charge in [-0.05, 0) is 13.8 Å².